The van der Waals surface area contributed by atoms with Crippen LogP contribution >= 0.6 is 11.8 Å². The van der Waals surface area contributed by atoms with Gasteiger partial charge in [0.05, 0.1) is 22.5 Å². The van der Waals surface area contributed by atoms with Gasteiger partial charge >= 0.3 is 0 Å². The molecule has 1 aliphatic heterocycles. The highest BCUT2D eigenvalue weighted by Gasteiger charge is 2.26. The Hall–Kier alpha value is -2.87. The van der Waals surface area contributed by atoms with Crippen molar-refractivity contribution in [3.63, 3.8) is 0 Å². The van der Waals surface area contributed by atoms with E-state index in [4.69, 9.17) is 0 Å². The maximum atomic E-state index is 13.8. The third-order valence-electron chi connectivity index (χ3n) is 5.61. The number of hydrogen-bond donors (Lipinski definition) is 1. The summed E-state index contributed by atoms with van der Waals surface area (Å²) in [6.45, 7) is 6.07. The first-order valence-corrected chi connectivity index (χ1v) is 11.8. The number of para-hydroxylation sites is 3. The highest BCUT2D eigenvalue weighted by atomic mass is 32.2. The summed E-state index contributed by atoms with van der Waals surface area (Å²) in [4.78, 5) is 32.1. The maximum Gasteiger partial charge on any atom is 0.242 e. The zero-order valence-corrected chi connectivity index (χ0v) is 19.1. The van der Waals surface area contributed by atoms with E-state index < -0.39 is 5.82 Å². The number of rotatable bonds is 6. The number of nitrogens with one attached hydrogen (secondary N) is 1. The molecule has 0 radical (unpaired) electrons. The first-order chi connectivity index (χ1) is 15.4. The highest BCUT2D eigenvalue weighted by molar-refractivity contribution is 7.99. The third-order valence-corrected chi connectivity index (χ3v) is 6.59. The summed E-state index contributed by atoms with van der Waals surface area (Å²) < 4.78 is 15.7. The number of imidazole rings is 1. The van der Waals surface area contributed by atoms with E-state index in [1.165, 1.54) is 23.9 Å². The topological polar surface area (TPSA) is 67.2 Å². The van der Waals surface area contributed by atoms with Gasteiger partial charge in [-0.05, 0) is 42.5 Å². The van der Waals surface area contributed by atoms with Crippen LogP contribution in [0.15, 0.2) is 53.7 Å². The van der Waals surface area contributed by atoms with Crippen molar-refractivity contribution in [1.82, 2.24) is 14.5 Å². The van der Waals surface area contributed by atoms with Gasteiger partial charge in [-0.1, -0.05) is 49.9 Å². The molecule has 168 valence electrons. The summed E-state index contributed by atoms with van der Waals surface area (Å²) >= 11 is 1.24. The van der Waals surface area contributed by atoms with E-state index in [1.807, 2.05) is 33.7 Å². The van der Waals surface area contributed by atoms with Gasteiger partial charge in [-0.15, -0.1) is 0 Å². The molecule has 1 N–H and O–H groups in total. The number of halogens is 1. The second-order valence-corrected chi connectivity index (χ2v) is 9.47. The number of likely N-dealkylation sites (tertiary alicyclic amines) is 1. The van der Waals surface area contributed by atoms with Gasteiger partial charge in [-0.2, -0.15) is 0 Å². The van der Waals surface area contributed by atoms with E-state index >= 15 is 0 Å². The second kappa shape index (κ2) is 9.73. The third kappa shape index (κ3) is 5.12. The molecule has 8 heteroatoms. The van der Waals surface area contributed by atoms with Gasteiger partial charge in [-0.25, -0.2) is 9.37 Å². The molecule has 0 saturated carbocycles. The number of carbonyl (C=O) groups is 2. The van der Waals surface area contributed by atoms with Crippen LogP contribution < -0.4 is 5.32 Å². The molecule has 1 fully saturated rings. The van der Waals surface area contributed by atoms with Gasteiger partial charge in [0.25, 0.3) is 0 Å². The summed E-state index contributed by atoms with van der Waals surface area (Å²) in [5.74, 6) is 0.279. The average molecular weight is 455 g/mol. The fourth-order valence-corrected chi connectivity index (χ4v) is 5.11. The van der Waals surface area contributed by atoms with Gasteiger partial charge in [0.15, 0.2) is 5.16 Å². The Morgan fingerprint density at radius 3 is 2.53 bits per heavy atom. The fourth-order valence-electron chi connectivity index (χ4n) is 4.30. The Balaban J connectivity index is 1.49. The van der Waals surface area contributed by atoms with Crippen LogP contribution in [0, 0.1) is 17.7 Å². The molecular formula is C24H27FN4O2S. The van der Waals surface area contributed by atoms with Gasteiger partial charge < -0.3 is 14.8 Å². The number of hydrogen-bond acceptors (Lipinski definition) is 4. The predicted octanol–water partition coefficient (Wildman–Crippen LogP) is 4.41. The molecule has 2 amide bonds. The van der Waals surface area contributed by atoms with Crippen LogP contribution in [0.3, 0.4) is 0 Å². The number of thioether (sulfide) groups is 1. The highest BCUT2D eigenvalue weighted by Crippen LogP contribution is 2.26. The van der Waals surface area contributed by atoms with Crippen LogP contribution in [-0.2, 0) is 16.1 Å². The molecule has 0 unspecified atom stereocenters. The van der Waals surface area contributed by atoms with Crippen molar-refractivity contribution in [2.75, 3.05) is 24.2 Å². The number of anilines is 1. The summed E-state index contributed by atoms with van der Waals surface area (Å²) in [6, 6.07) is 13.7. The van der Waals surface area contributed by atoms with E-state index in [-0.39, 0.29) is 29.8 Å². The van der Waals surface area contributed by atoms with Gasteiger partial charge in [-0.3, -0.25) is 9.59 Å². The first kappa shape index (κ1) is 22.3. The quantitative estimate of drug-likeness (QED) is 0.560. The van der Waals surface area contributed by atoms with E-state index in [0.29, 0.717) is 17.0 Å². The summed E-state index contributed by atoms with van der Waals surface area (Å²) in [5.41, 5.74) is 1.78. The lowest BCUT2D eigenvalue weighted by Gasteiger charge is -2.35. The first-order valence-electron chi connectivity index (χ1n) is 10.8. The maximum absolute atomic E-state index is 13.8. The Morgan fingerprint density at radius 2 is 1.78 bits per heavy atom. The van der Waals surface area contributed by atoms with Gasteiger partial charge in [0, 0.05) is 13.1 Å². The minimum absolute atomic E-state index is 0.0592. The standard InChI is InChI=1S/C24H27FN4O2S/c1-16-11-17(2)13-28(12-16)23(31)14-29-21-10-6-5-9-20(21)27-24(29)32-15-22(30)26-19-8-4-3-7-18(19)25/h3-10,16-17H,11-15H2,1-2H3,(H,26,30)/t16-,17-/m0/s1. The number of amides is 2. The lowest BCUT2D eigenvalue weighted by molar-refractivity contribution is -0.134. The molecule has 4 rings (SSSR count). The molecule has 2 heterocycles. The fraction of sp³-hybridized carbons (Fsp3) is 0.375. The molecular weight excluding hydrogens is 427 g/mol. The Labute approximate surface area is 191 Å². The predicted molar refractivity (Wildman–Crippen MR) is 125 cm³/mol. The van der Waals surface area contributed by atoms with Crippen molar-refractivity contribution < 1.29 is 14.0 Å². The largest absolute Gasteiger partial charge is 0.341 e. The number of piperidine rings is 1. The summed E-state index contributed by atoms with van der Waals surface area (Å²) in [7, 11) is 0. The molecule has 2 aromatic carbocycles. The Kier molecular flexibility index (Phi) is 6.79. The minimum atomic E-state index is -0.478. The molecule has 1 aromatic heterocycles. The lowest BCUT2D eigenvalue weighted by atomic mass is 9.92. The number of fused-ring (bicyclic) bond motifs is 1. The molecule has 3 aromatic rings. The number of nitrogens with zero attached hydrogens (tertiary/aromatic N) is 3. The SMILES string of the molecule is C[C@H]1C[C@H](C)CN(C(=O)Cn2c(SCC(=O)Nc3ccccc3F)nc3ccccc32)C1. The average Bonchev–Trinajstić information content (AvgIpc) is 3.10. The molecule has 1 aliphatic rings. The van der Waals surface area contributed by atoms with Gasteiger partial charge in [0.2, 0.25) is 11.8 Å². The minimum Gasteiger partial charge on any atom is -0.341 e. The smallest absolute Gasteiger partial charge is 0.242 e. The molecule has 0 aliphatic carbocycles. The van der Waals surface area contributed by atoms with Gasteiger partial charge in [0.1, 0.15) is 12.4 Å². The number of benzene rings is 2. The van der Waals surface area contributed by atoms with Crippen molar-refractivity contribution in [3.05, 3.63) is 54.3 Å². The van der Waals surface area contributed by atoms with Crippen LogP contribution in [0.2, 0.25) is 0 Å². The summed E-state index contributed by atoms with van der Waals surface area (Å²) in [6.07, 6.45) is 1.13. The zero-order valence-electron chi connectivity index (χ0n) is 18.3. The molecule has 0 bridgehead atoms. The Bertz CT molecular complexity index is 1120. The zero-order chi connectivity index (χ0) is 22.7. The number of carbonyl (C=O) groups excluding carboxylic acids is 2. The molecule has 1 saturated heterocycles. The van der Waals surface area contributed by atoms with Crippen molar-refractivity contribution >= 4 is 40.3 Å². The van der Waals surface area contributed by atoms with Crippen molar-refractivity contribution in [2.45, 2.75) is 32.0 Å². The van der Waals surface area contributed by atoms with E-state index in [2.05, 4.69) is 24.1 Å². The van der Waals surface area contributed by atoms with Crippen LogP contribution in [-0.4, -0.2) is 45.1 Å². The van der Waals surface area contributed by atoms with Crippen LogP contribution in [0.5, 0.6) is 0 Å². The summed E-state index contributed by atoms with van der Waals surface area (Å²) in [5, 5.41) is 3.19. The molecule has 6 nitrogen and oxygen atoms in total. The van der Waals surface area contributed by atoms with Crippen molar-refractivity contribution in [1.29, 1.82) is 0 Å². The van der Waals surface area contributed by atoms with Crippen LogP contribution in [0.1, 0.15) is 20.3 Å². The second-order valence-electron chi connectivity index (χ2n) is 8.53. The Morgan fingerprint density at radius 1 is 1.09 bits per heavy atom. The van der Waals surface area contributed by atoms with Crippen LogP contribution in [0.25, 0.3) is 11.0 Å². The van der Waals surface area contributed by atoms with E-state index in [1.54, 1.807) is 12.1 Å². The lowest BCUT2D eigenvalue weighted by Crippen LogP contribution is -2.44. The van der Waals surface area contributed by atoms with E-state index in [9.17, 15) is 14.0 Å². The molecule has 2 atom stereocenters. The molecule has 0 spiro atoms. The molecule has 32 heavy (non-hydrogen) atoms. The van der Waals surface area contributed by atoms with Crippen molar-refractivity contribution in [2.24, 2.45) is 11.8 Å². The van der Waals surface area contributed by atoms with E-state index in [0.717, 1.165) is 30.5 Å². The number of aromatic nitrogens is 2. The van der Waals surface area contributed by atoms with Crippen LogP contribution in [0.4, 0.5) is 10.1 Å². The monoisotopic (exact) mass is 454 g/mol. The van der Waals surface area contributed by atoms with Crippen molar-refractivity contribution in [3.8, 4) is 0 Å². The normalized spacial score (nSPS) is 18.7.